The van der Waals surface area contributed by atoms with Crippen LogP contribution in [0.4, 0.5) is 0 Å². The van der Waals surface area contributed by atoms with Gasteiger partial charge in [-0.2, -0.15) is 0 Å². The van der Waals surface area contributed by atoms with Gasteiger partial charge in [-0.25, -0.2) is 0 Å². The van der Waals surface area contributed by atoms with E-state index in [1.807, 2.05) is 0 Å². The van der Waals surface area contributed by atoms with Gasteiger partial charge < -0.3 is 0 Å². The number of imidazole rings is 1. The number of nitrogens with zero attached hydrogens (tertiary/aromatic N) is 2. The van der Waals surface area contributed by atoms with Crippen molar-refractivity contribution in [3.8, 4) is 33.6 Å². The van der Waals surface area contributed by atoms with Crippen molar-refractivity contribution in [1.29, 1.82) is 0 Å². The third-order valence-electron chi connectivity index (χ3n) is 6.61. The van der Waals surface area contributed by atoms with E-state index in [0.29, 0.717) is 11.8 Å². The molecule has 0 saturated heterocycles. The van der Waals surface area contributed by atoms with E-state index in [4.69, 9.17) is 0 Å². The lowest BCUT2D eigenvalue weighted by molar-refractivity contribution is -0.600. The Kier molecular flexibility index (Phi) is 6.37. The molecule has 0 saturated carbocycles. The van der Waals surface area contributed by atoms with Gasteiger partial charge in [0.05, 0.1) is 11.4 Å². The van der Waals surface area contributed by atoms with Crippen molar-refractivity contribution >= 4 is 0 Å². The molecule has 0 spiro atoms. The Bertz CT molecular complexity index is 1340. The molecular formula is C33H32N2. The second-order valence-corrected chi connectivity index (χ2v) is 9.67. The Morgan fingerprint density at radius 2 is 1.09 bits per heavy atom. The molecule has 0 unspecified atom stereocenters. The number of para-hydroxylation sites is 2. The summed E-state index contributed by atoms with van der Waals surface area (Å²) in [7, 11) is 0. The molecule has 1 heterocycles. The van der Waals surface area contributed by atoms with Crippen molar-refractivity contribution in [3.63, 3.8) is 0 Å². The number of benzene rings is 4. The molecule has 0 amide bonds. The highest BCUT2D eigenvalue weighted by molar-refractivity contribution is 5.85. The molecule has 0 N–H and O–H groups in total. The van der Waals surface area contributed by atoms with Crippen molar-refractivity contribution in [2.45, 2.75) is 39.5 Å². The average Bonchev–Trinajstić information content (AvgIpc) is 3.38. The molecule has 0 atom stereocenters. The summed E-state index contributed by atoms with van der Waals surface area (Å²) in [6.45, 7) is 9.05. The predicted molar refractivity (Wildman–Crippen MR) is 145 cm³/mol. The van der Waals surface area contributed by atoms with Crippen LogP contribution >= 0.6 is 0 Å². The number of rotatable bonds is 6. The maximum atomic E-state index is 3.69. The van der Waals surface area contributed by atoms with Gasteiger partial charge in [0.15, 0.2) is 0 Å². The van der Waals surface area contributed by atoms with Crippen molar-refractivity contribution in [2.24, 2.45) is 0 Å². The van der Waals surface area contributed by atoms with E-state index in [-0.39, 0.29) is 0 Å². The molecular weight excluding hydrogens is 424 g/mol. The summed E-state index contributed by atoms with van der Waals surface area (Å²) in [6, 6.07) is 34.5. The molecule has 1 aromatic heterocycles. The summed E-state index contributed by atoms with van der Waals surface area (Å²) in [4.78, 5) is 0. The van der Waals surface area contributed by atoms with Crippen LogP contribution in [0.25, 0.3) is 33.6 Å². The predicted octanol–water partition coefficient (Wildman–Crippen LogP) is 8.13. The number of hydrogen-bond donors (Lipinski definition) is 0. The molecule has 0 fully saturated rings. The van der Waals surface area contributed by atoms with Gasteiger partial charge in [-0.05, 0) is 45.2 Å². The van der Waals surface area contributed by atoms with Crippen LogP contribution < -0.4 is 4.57 Å². The van der Waals surface area contributed by atoms with Gasteiger partial charge in [-0.15, -0.1) is 0 Å². The summed E-state index contributed by atoms with van der Waals surface area (Å²) in [5.41, 5.74) is 9.83. The molecule has 0 aliphatic heterocycles. The number of hydrogen-bond acceptors (Lipinski definition) is 0. The van der Waals surface area contributed by atoms with E-state index in [1.54, 1.807) is 0 Å². The quantitative estimate of drug-likeness (QED) is 0.180. The topological polar surface area (TPSA) is 8.81 Å². The third-order valence-corrected chi connectivity index (χ3v) is 6.61. The molecule has 5 aromatic rings. The Hall–Kier alpha value is -3.91. The molecule has 174 valence electrons. The fourth-order valence-corrected chi connectivity index (χ4v) is 4.86. The van der Waals surface area contributed by atoms with Crippen LogP contribution in [0.5, 0.6) is 0 Å². The first-order valence-electron chi connectivity index (χ1n) is 12.4. The van der Waals surface area contributed by atoms with Crippen LogP contribution in [-0.2, 0) is 0 Å². The first kappa shape index (κ1) is 22.9. The largest absolute Gasteiger partial charge is 0.298 e. The monoisotopic (exact) mass is 456 g/mol. The normalized spacial score (nSPS) is 11.4. The second kappa shape index (κ2) is 9.76. The molecule has 5 rings (SSSR count). The fraction of sp³-hybridized carbons (Fsp3) is 0.182. The molecule has 0 aliphatic carbocycles. The van der Waals surface area contributed by atoms with Gasteiger partial charge in [0.1, 0.15) is 0 Å². The van der Waals surface area contributed by atoms with Gasteiger partial charge >= 0.3 is 0 Å². The minimum Gasteiger partial charge on any atom is -0.298 e. The summed E-state index contributed by atoms with van der Waals surface area (Å²) in [6.07, 6.45) is 7.97. The minimum atomic E-state index is 0.421. The SMILES string of the molecule is CC(C)c1cccc(C(C)C)c1-[n+]1[c-]n(-c2c(-c3ccccc3)cccc2-c2ccccc2)cc1. The van der Waals surface area contributed by atoms with Gasteiger partial charge in [0.25, 0.3) is 6.33 Å². The summed E-state index contributed by atoms with van der Waals surface area (Å²) in [5, 5.41) is 0. The molecule has 0 bridgehead atoms. The van der Waals surface area contributed by atoms with E-state index < -0.39 is 0 Å². The highest BCUT2D eigenvalue weighted by Crippen LogP contribution is 2.35. The van der Waals surface area contributed by atoms with Crippen molar-refractivity contribution < 1.29 is 4.57 Å². The van der Waals surface area contributed by atoms with E-state index in [1.165, 1.54) is 39.1 Å². The fourth-order valence-electron chi connectivity index (χ4n) is 4.86. The van der Waals surface area contributed by atoms with Crippen LogP contribution in [0.2, 0.25) is 0 Å². The summed E-state index contributed by atoms with van der Waals surface area (Å²) >= 11 is 0. The molecule has 35 heavy (non-hydrogen) atoms. The van der Waals surface area contributed by atoms with E-state index in [9.17, 15) is 0 Å². The number of aromatic nitrogens is 2. The zero-order valence-electron chi connectivity index (χ0n) is 20.9. The smallest absolute Gasteiger partial charge is 0.268 e. The van der Waals surface area contributed by atoms with Crippen LogP contribution in [0.1, 0.15) is 50.7 Å². The summed E-state index contributed by atoms with van der Waals surface area (Å²) in [5.74, 6) is 0.842. The lowest BCUT2D eigenvalue weighted by Crippen LogP contribution is -2.32. The second-order valence-electron chi connectivity index (χ2n) is 9.67. The standard InChI is InChI=1S/C33H32N2/c1-24(2)28-17-11-18-29(25(3)4)32(28)34-21-22-35(23-34)33-30(26-13-7-5-8-14-26)19-12-20-31(33)27-15-9-6-10-16-27/h5-22,24-25H,1-4H3. The maximum absolute atomic E-state index is 3.69. The summed E-state index contributed by atoms with van der Waals surface area (Å²) < 4.78 is 4.34. The van der Waals surface area contributed by atoms with E-state index in [2.05, 4.69) is 153 Å². The van der Waals surface area contributed by atoms with Gasteiger partial charge in [0, 0.05) is 12.4 Å². The zero-order valence-corrected chi connectivity index (χ0v) is 20.9. The molecule has 0 radical (unpaired) electrons. The average molecular weight is 457 g/mol. The first-order chi connectivity index (χ1) is 17.0. The molecule has 2 heteroatoms. The van der Waals surface area contributed by atoms with Crippen LogP contribution in [0, 0.1) is 6.33 Å². The Balaban J connectivity index is 1.75. The Morgan fingerprint density at radius 1 is 0.600 bits per heavy atom. The lowest BCUT2D eigenvalue weighted by atomic mass is 9.92. The highest BCUT2D eigenvalue weighted by atomic mass is 15.1. The van der Waals surface area contributed by atoms with Crippen molar-refractivity contribution in [2.75, 3.05) is 0 Å². The van der Waals surface area contributed by atoms with Gasteiger partial charge in [0.2, 0.25) is 0 Å². The third kappa shape index (κ3) is 4.44. The van der Waals surface area contributed by atoms with Crippen molar-refractivity contribution in [1.82, 2.24) is 4.57 Å². The van der Waals surface area contributed by atoms with Crippen LogP contribution in [-0.4, -0.2) is 4.57 Å². The van der Waals surface area contributed by atoms with Gasteiger partial charge in [-0.1, -0.05) is 125 Å². The van der Waals surface area contributed by atoms with Crippen LogP contribution in [0.15, 0.2) is 109 Å². The maximum Gasteiger partial charge on any atom is 0.268 e. The zero-order chi connectivity index (χ0) is 24.4. The van der Waals surface area contributed by atoms with Crippen LogP contribution in [0.3, 0.4) is 0 Å². The highest BCUT2D eigenvalue weighted by Gasteiger charge is 2.19. The van der Waals surface area contributed by atoms with Gasteiger partial charge in [-0.3, -0.25) is 9.13 Å². The minimum absolute atomic E-state index is 0.421. The van der Waals surface area contributed by atoms with Crippen molar-refractivity contribution in [3.05, 3.63) is 127 Å². The van der Waals surface area contributed by atoms with E-state index >= 15 is 0 Å². The first-order valence-corrected chi connectivity index (χ1v) is 12.4. The molecule has 0 aliphatic rings. The Labute approximate surface area is 209 Å². The molecule has 2 nitrogen and oxygen atoms in total. The van der Waals surface area contributed by atoms with E-state index in [0.717, 1.165) is 5.69 Å². The lowest BCUT2D eigenvalue weighted by Gasteiger charge is -2.20. The Morgan fingerprint density at radius 3 is 1.57 bits per heavy atom. The molecule has 4 aromatic carbocycles.